The van der Waals surface area contributed by atoms with E-state index in [1.54, 1.807) is 0 Å². The van der Waals surface area contributed by atoms with Gasteiger partial charge in [0.25, 0.3) is 0 Å². The first kappa shape index (κ1) is 19.2. The Hall–Kier alpha value is -1.83. The van der Waals surface area contributed by atoms with Crippen LogP contribution in [0.3, 0.4) is 0 Å². The third kappa shape index (κ3) is 1.97. The van der Waals surface area contributed by atoms with Crippen LogP contribution in [0.5, 0.6) is 17.2 Å². The molecular formula is C22H29NO6. The highest BCUT2D eigenvalue weighted by atomic mass is 16.5. The lowest BCUT2D eigenvalue weighted by Gasteiger charge is -2.65. The van der Waals surface area contributed by atoms with Crippen molar-refractivity contribution in [1.29, 1.82) is 0 Å². The number of likely N-dealkylation sites (tertiary alicyclic amines) is 1. The SMILES string of the molecule is C[N@+]1(CC2CC2)CC[C@@]23c4c5c(O)cc(O)c4C(O)[C@@H]1[C@]2(O)CCC(=O)[C@@H]3O5.[CH3-]. The third-order valence-corrected chi connectivity index (χ3v) is 8.37. The molecule has 158 valence electrons. The maximum Gasteiger partial charge on any atom is 0.174 e. The zero-order valence-electron chi connectivity index (χ0n) is 16.9. The molecule has 1 aromatic carbocycles. The van der Waals surface area contributed by atoms with Gasteiger partial charge in [0.05, 0.1) is 25.6 Å². The smallest absolute Gasteiger partial charge is 0.174 e. The summed E-state index contributed by atoms with van der Waals surface area (Å²) < 4.78 is 6.49. The van der Waals surface area contributed by atoms with Gasteiger partial charge in [-0.1, -0.05) is 0 Å². The number of piperidine rings is 1. The number of benzene rings is 1. The van der Waals surface area contributed by atoms with Crippen LogP contribution in [-0.2, 0) is 10.2 Å². The second kappa shape index (κ2) is 5.45. The standard InChI is InChI=1S/C21H25NO6.CH3/c1-22(9-10-2-3-10)7-6-20-15-14-12(24)8-13(25)17(15)28-19(20)11(23)4-5-21(20,27)18(22)16(14)26;/h8,10,16,18-19,26-27H,2-7,9H2,1H3,(H-,24,25);1H3/q;-1/p+1/t16?,18-,19+,20+,21-,22-;/m1./s1. The number of aromatic hydroxyl groups is 2. The third-order valence-electron chi connectivity index (χ3n) is 8.37. The lowest BCUT2D eigenvalue weighted by atomic mass is 9.47. The van der Waals surface area contributed by atoms with E-state index in [9.17, 15) is 25.2 Å². The molecule has 2 heterocycles. The Labute approximate surface area is 170 Å². The van der Waals surface area contributed by atoms with Gasteiger partial charge >= 0.3 is 0 Å². The summed E-state index contributed by atoms with van der Waals surface area (Å²) in [6.45, 7) is 1.59. The van der Waals surface area contributed by atoms with Crippen LogP contribution in [0, 0.1) is 13.3 Å². The van der Waals surface area contributed by atoms with Crippen molar-refractivity contribution in [3.63, 3.8) is 0 Å². The Bertz CT molecular complexity index is 928. The van der Waals surface area contributed by atoms with Crippen molar-refractivity contribution in [3.8, 4) is 17.2 Å². The van der Waals surface area contributed by atoms with Gasteiger partial charge in [-0.25, -0.2) is 0 Å². The minimum atomic E-state index is -1.33. The highest BCUT2D eigenvalue weighted by molar-refractivity contribution is 5.90. The van der Waals surface area contributed by atoms with Gasteiger partial charge in [0.1, 0.15) is 23.5 Å². The number of rotatable bonds is 2. The number of phenolic OH excluding ortho intramolecular Hbond substituents is 2. The van der Waals surface area contributed by atoms with Gasteiger partial charge in [-0.05, 0) is 19.3 Å². The van der Waals surface area contributed by atoms with Crippen molar-refractivity contribution in [1.82, 2.24) is 0 Å². The first-order chi connectivity index (χ1) is 13.2. The molecule has 0 aromatic heterocycles. The lowest BCUT2D eigenvalue weighted by Crippen LogP contribution is -2.81. The van der Waals surface area contributed by atoms with Gasteiger partial charge in [-0.15, -0.1) is 0 Å². The molecule has 1 spiro atoms. The fraction of sp³-hybridized carbons (Fsp3) is 0.636. The summed E-state index contributed by atoms with van der Waals surface area (Å²) >= 11 is 0. The molecule has 2 saturated carbocycles. The van der Waals surface area contributed by atoms with Crippen molar-refractivity contribution in [2.75, 3.05) is 20.1 Å². The highest BCUT2D eigenvalue weighted by Crippen LogP contribution is 2.69. The minimum Gasteiger partial charge on any atom is -0.507 e. The molecule has 1 unspecified atom stereocenters. The predicted molar refractivity (Wildman–Crippen MR) is 103 cm³/mol. The first-order valence-corrected chi connectivity index (χ1v) is 10.3. The molecule has 1 aromatic rings. The number of phenols is 2. The maximum absolute atomic E-state index is 12.8. The number of ketones is 1. The predicted octanol–water partition coefficient (Wildman–Crippen LogP) is 1.32. The van der Waals surface area contributed by atoms with E-state index in [1.807, 2.05) is 0 Å². The Morgan fingerprint density at radius 1 is 1.24 bits per heavy atom. The van der Waals surface area contributed by atoms with E-state index < -0.39 is 29.3 Å². The van der Waals surface area contributed by atoms with Crippen LogP contribution in [0.4, 0.5) is 0 Å². The maximum atomic E-state index is 12.8. The van der Waals surface area contributed by atoms with Gasteiger partial charge in [-0.3, -0.25) is 4.79 Å². The van der Waals surface area contributed by atoms with Gasteiger partial charge in [-0.2, -0.15) is 0 Å². The molecule has 4 N–H and O–H groups in total. The van der Waals surface area contributed by atoms with Gasteiger partial charge in [0, 0.05) is 36.0 Å². The minimum absolute atomic E-state index is 0. The monoisotopic (exact) mass is 403 g/mol. The summed E-state index contributed by atoms with van der Waals surface area (Å²) in [7, 11) is 2.08. The number of nitrogens with zero attached hydrogens (tertiary/aromatic N) is 1. The van der Waals surface area contributed by atoms with E-state index in [0.29, 0.717) is 34.5 Å². The number of ether oxygens (including phenoxy) is 1. The van der Waals surface area contributed by atoms with Crippen LogP contribution in [-0.4, -0.2) is 68.6 Å². The van der Waals surface area contributed by atoms with Gasteiger partial charge in [0.15, 0.2) is 23.4 Å². The van der Waals surface area contributed by atoms with Crippen molar-refractivity contribution in [3.05, 3.63) is 24.6 Å². The average molecular weight is 403 g/mol. The molecule has 3 fully saturated rings. The second-order valence-electron chi connectivity index (χ2n) is 9.86. The fourth-order valence-corrected chi connectivity index (χ4v) is 7.14. The topological polar surface area (TPSA) is 107 Å². The second-order valence-corrected chi connectivity index (χ2v) is 9.86. The average Bonchev–Trinajstić information content (AvgIpc) is 3.34. The van der Waals surface area contributed by atoms with Crippen LogP contribution in [0.25, 0.3) is 0 Å². The molecule has 1 saturated heterocycles. The van der Waals surface area contributed by atoms with Crippen LogP contribution in [0.15, 0.2) is 6.07 Å². The molecule has 6 rings (SSSR count). The molecule has 2 aliphatic heterocycles. The molecule has 2 bridgehead atoms. The Kier molecular flexibility index (Phi) is 3.60. The molecule has 0 amide bonds. The summed E-state index contributed by atoms with van der Waals surface area (Å²) in [6.07, 6.45) is 1.35. The van der Waals surface area contributed by atoms with E-state index >= 15 is 0 Å². The van der Waals surface area contributed by atoms with Crippen molar-refractivity contribution >= 4 is 5.78 Å². The van der Waals surface area contributed by atoms with Crippen LogP contribution in [0.1, 0.15) is 49.3 Å². The first-order valence-electron chi connectivity index (χ1n) is 10.3. The van der Waals surface area contributed by atoms with E-state index in [2.05, 4.69) is 7.05 Å². The quantitative estimate of drug-likeness (QED) is 0.438. The number of aliphatic hydroxyl groups excluding tert-OH is 1. The largest absolute Gasteiger partial charge is 0.507 e. The Morgan fingerprint density at radius 3 is 2.66 bits per heavy atom. The summed E-state index contributed by atoms with van der Waals surface area (Å²) in [5.74, 6) is 0.210. The van der Waals surface area contributed by atoms with E-state index in [-0.39, 0.29) is 43.3 Å². The Morgan fingerprint density at radius 2 is 1.97 bits per heavy atom. The number of Topliss-reactive ketones (excluding diaryl/α,β-unsaturated/α-hetero) is 1. The zero-order chi connectivity index (χ0) is 19.6. The molecule has 6 atom stereocenters. The molecular weight excluding hydrogens is 374 g/mol. The normalized spacial score (nSPS) is 44.0. The van der Waals surface area contributed by atoms with Crippen LogP contribution < -0.4 is 4.74 Å². The molecule has 5 aliphatic rings. The van der Waals surface area contributed by atoms with Crippen LogP contribution in [0.2, 0.25) is 0 Å². The molecule has 7 nitrogen and oxygen atoms in total. The van der Waals surface area contributed by atoms with Gasteiger partial charge < -0.3 is 37.1 Å². The number of likely N-dealkylation sites (N-methyl/N-ethyl adjacent to an activating group) is 1. The summed E-state index contributed by atoms with van der Waals surface area (Å²) in [4.78, 5) is 12.8. The summed E-state index contributed by atoms with van der Waals surface area (Å²) in [5.41, 5.74) is -1.58. The summed E-state index contributed by atoms with van der Waals surface area (Å²) in [6, 6.07) is 0.635. The number of hydrogen-bond acceptors (Lipinski definition) is 6. The van der Waals surface area contributed by atoms with Crippen molar-refractivity contribution < 1.29 is 34.4 Å². The fourth-order valence-electron chi connectivity index (χ4n) is 7.14. The van der Waals surface area contributed by atoms with E-state index in [1.165, 1.54) is 18.9 Å². The zero-order valence-corrected chi connectivity index (χ0v) is 16.9. The molecule has 3 aliphatic carbocycles. The van der Waals surface area contributed by atoms with Crippen molar-refractivity contribution in [2.24, 2.45) is 5.92 Å². The summed E-state index contributed by atoms with van der Waals surface area (Å²) in [5, 5.41) is 44.7. The van der Waals surface area contributed by atoms with Crippen molar-refractivity contribution in [2.45, 2.75) is 61.4 Å². The number of quaternary nitrogens is 1. The Balaban J connectivity index is 0.00000181. The number of carbonyl (C=O) groups is 1. The van der Waals surface area contributed by atoms with Gasteiger partial charge in [0.2, 0.25) is 0 Å². The number of aliphatic hydroxyl groups is 2. The number of hydrogen-bond donors (Lipinski definition) is 4. The van der Waals surface area contributed by atoms with E-state index in [4.69, 9.17) is 4.74 Å². The van der Waals surface area contributed by atoms with Crippen LogP contribution >= 0.6 is 0 Å². The number of carbonyl (C=O) groups excluding carboxylic acids is 1. The van der Waals surface area contributed by atoms with E-state index in [0.717, 1.165) is 6.54 Å². The molecule has 29 heavy (non-hydrogen) atoms. The molecule has 0 radical (unpaired) electrons. The lowest BCUT2D eigenvalue weighted by molar-refractivity contribution is -0.955. The highest BCUT2D eigenvalue weighted by Gasteiger charge is 2.79. The molecule has 7 heteroatoms.